The summed E-state index contributed by atoms with van der Waals surface area (Å²) in [7, 11) is -3.61. The number of aromatic nitrogens is 2. The zero-order valence-corrected chi connectivity index (χ0v) is 23.0. The zero-order chi connectivity index (χ0) is 26.2. The van der Waals surface area contributed by atoms with Gasteiger partial charge in [0.05, 0.1) is 27.4 Å². The Morgan fingerprint density at radius 2 is 1.97 bits per heavy atom. The number of halogens is 1. The average molecular weight is 555 g/mol. The van der Waals surface area contributed by atoms with Gasteiger partial charge in [-0.2, -0.15) is 4.31 Å². The molecule has 2 aromatic heterocycles. The van der Waals surface area contributed by atoms with E-state index in [1.165, 1.54) is 23.5 Å². The number of aryl methyl sites for hydroxylation is 1. The topological polar surface area (TPSA) is 83.5 Å². The summed E-state index contributed by atoms with van der Waals surface area (Å²) >= 11 is 7.63. The van der Waals surface area contributed by atoms with Gasteiger partial charge in [-0.15, -0.1) is 0 Å². The summed E-state index contributed by atoms with van der Waals surface area (Å²) < 4.78 is 28.8. The molecule has 0 spiro atoms. The maximum absolute atomic E-state index is 13.8. The van der Waals surface area contributed by atoms with E-state index in [1.54, 1.807) is 27.5 Å². The van der Waals surface area contributed by atoms with Crippen molar-refractivity contribution < 1.29 is 13.2 Å². The van der Waals surface area contributed by atoms with Crippen LogP contribution >= 0.6 is 22.9 Å². The smallest absolute Gasteiger partial charge is 0.260 e. The fourth-order valence-corrected chi connectivity index (χ4v) is 7.59. The molecule has 1 aliphatic heterocycles. The first-order valence-corrected chi connectivity index (χ1v) is 14.7. The summed E-state index contributed by atoms with van der Waals surface area (Å²) in [4.78, 5) is 24.7. The highest BCUT2D eigenvalue weighted by Crippen LogP contribution is 2.34. The number of thiazole rings is 1. The van der Waals surface area contributed by atoms with Gasteiger partial charge in [-0.3, -0.25) is 14.7 Å². The number of rotatable bonds is 6. The molecule has 0 N–H and O–H groups in total. The molecular weight excluding hydrogens is 528 g/mol. The predicted molar refractivity (Wildman–Crippen MR) is 148 cm³/mol. The molecule has 2 aromatic carbocycles. The lowest BCUT2D eigenvalue weighted by molar-refractivity contribution is 0.0984. The molecule has 1 aliphatic rings. The fourth-order valence-electron chi connectivity index (χ4n) is 4.58. The highest BCUT2D eigenvalue weighted by molar-refractivity contribution is 7.89. The highest BCUT2D eigenvalue weighted by Gasteiger charge is 2.29. The second kappa shape index (κ2) is 10.5. The lowest BCUT2D eigenvalue weighted by atomic mass is 10.0. The van der Waals surface area contributed by atoms with Gasteiger partial charge in [-0.05, 0) is 79.8 Å². The van der Waals surface area contributed by atoms with Crippen LogP contribution in [0.15, 0.2) is 65.7 Å². The monoisotopic (exact) mass is 554 g/mol. The summed E-state index contributed by atoms with van der Waals surface area (Å²) in [5, 5.41) is 1.14. The van der Waals surface area contributed by atoms with Crippen molar-refractivity contribution in [2.45, 2.75) is 38.1 Å². The maximum atomic E-state index is 13.8. The number of hydrogen-bond donors (Lipinski definition) is 0. The standard InChI is InChI=1S/C27H27ClN4O3S2/c1-18-6-5-13-31(16-18)37(34,35)23-10-8-20(9-11-23)26(33)32(17-22-7-3-4-12-29-22)27-30-25-19(2)14-21(28)15-24(25)36-27/h3-4,7-12,14-15,18H,5-6,13,16-17H2,1-2H3. The molecular formula is C27H27ClN4O3S2. The molecule has 192 valence electrons. The number of hydrogen-bond acceptors (Lipinski definition) is 6. The number of amides is 1. The van der Waals surface area contributed by atoms with Crippen molar-refractivity contribution in [1.29, 1.82) is 0 Å². The Balaban J connectivity index is 1.48. The number of carbonyl (C=O) groups excluding carboxylic acids is 1. The second-order valence-corrected chi connectivity index (χ2v) is 12.8. The number of piperidine rings is 1. The normalized spacial score (nSPS) is 16.7. The summed E-state index contributed by atoms with van der Waals surface area (Å²) in [6.07, 6.45) is 3.57. The Morgan fingerprint density at radius 1 is 1.19 bits per heavy atom. The fraction of sp³-hybridized carbons (Fsp3) is 0.296. The van der Waals surface area contributed by atoms with E-state index < -0.39 is 10.0 Å². The molecule has 0 aliphatic carbocycles. The molecule has 3 heterocycles. The molecule has 1 amide bonds. The number of nitrogens with zero attached hydrogens (tertiary/aromatic N) is 4. The lowest BCUT2D eigenvalue weighted by Crippen LogP contribution is -2.39. The van der Waals surface area contributed by atoms with E-state index in [-0.39, 0.29) is 17.3 Å². The maximum Gasteiger partial charge on any atom is 0.260 e. The third kappa shape index (κ3) is 5.40. The zero-order valence-electron chi connectivity index (χ0n) is 20.6. The Kier molecular flexibility index (Phi) is 7.31. The number of anilines is 1. The van der Waals surface area contributed by atoms with Crippen molar-refractivity contribution in [3.8, 4) is 0 Å². The van der Waals surface area contributed by atoms with Crippen molar-refractivity contribution in [3.63, 3.8) is 0 Å². The number of pyridine rings is 1. The molecule has 0 radical (unpaired) electrons. The van der Waals surface area contributed by atoms with E-state index in [1.807, 2.05) is 37.3 Å². The summed E-state index contributed by atoms with van der Waals surface area (Å²) in [5.74, 6) is 0.0425. The van der Waals surface area contributed by atoms with Gasteiger partial charge in [0.25, 0.3) is 5.91 Å². The number of fused-ring (bicyclic) bond motifs is 1. The van der Waals surface area contributed by atoms with E-state index in [0.29, 0.717) is 40.4 Å². The second-order valence-electron chi connectivity index (χ2n) is 9.41. The van der Waals surface area contributed by atoms with Crippen LogP contribution in [0.25, 0.3) is 10.2 Å². The minimum atomic E-state index is -3.61. The van der Waals surface area contributed by atoms with Gasteiger partial charge in [-0.25, -0.2) is 13.4 Å². The van der Waals surface area contributed by atoms with Crippen LogP contribution in [-0.2, 0) is 16.6 Å². The van der Waals surface area contributed by atoms with E-state index in [0.717, 1.165) is 28.6 Å². The van der Waals surface area contributed by atoms with Crippen LogP contribution in [0.4, 0.5) is 5.13 Å². The van der Waals surface area contributed by atoms with Crippen molar-refractivity contribution in [2.75, 3.05) is 18.0 Å². The Hall–Kier alpha value is -2.85. The molecule has 37 heavy (non-hydrogen) atoms. The molecule has 0 bridgehead atoms. The van der Waals surface area contributed by atoms with Crippen LogP contribution in [0, 0.1) is 12.8 Å². The van der Waals surface area contributed by atoms with Crippen molar-refractivity contribution in [2.24, 2.45) is 5.92 Å². The summed E-state index contributed by atoms with van der Waals surface area (Å²) in [6, 6.07) is 15.4. The van der Waals surface area contributed by atoms with Gasteiger partial charge in [-0.1, -0.05) is 35.9 Å². The van der Waals surface area contributed by atoms with Crippen LogP contribution in [0.2, 0.25) is 5.02 Å². The Morgan fingerprint density at radius 3 is 2.68 bits per heavy atom. The Labute approximate surface area is 225 Å². The molecule has 7 nitrogen and oxygen atoms in total. The summed E-state index contributed by atoms with van der Waals surface area (Å²) in [5.41, 5.74) is 2.80. The molecule has 1 saturated heterocycles. The van der Waals surface area contributed by atoms with E-state index in [2.05, 4.69) is 11.9 Å². The van der Waals surface area contributed by atoms with Crippen LogP contribution in [-0.4, -0.2) is 41.7 Å². The van der Waals surface area contributed by atoms with Crippen molar-refractivity contribution >= 4 is 54.2 Å². The van der Waals surface area contributed by atoms with Crippen molar-refractivity contribution in [3.05, 3.63) is 82.6 Å². The van der Waals surface area contributed by atoms with E-state index >= 15 is 0 Å². The van der Waals surface area contributed by atoms with Gasteiger partial charge in [0.15, 0.2) is 5.13 Å². The predicted octanol–water partition coefficient (Wildman–Crippen LogP) is 5.92. The largest absolute Gasteiger partial charge is 0.278 e. The van der Waals surface area contributed by atoms with Crippen molar-refractivity contribution in [1.82, 2.24) is 14.3 Å². The number of sulfonamides is 1. The van der Waals surface area contributed by atoms with Gasteiger partial charge < -0.3 is 0 Å². The van der Waals surface area contributed by atoms with Crippen LogP contribution in [0.1, 0.15) is 41.4 Å². The molecule has 1 atom stereocenters. The van der Waals surface area contributed by atoms with Crippen LogP contribution in [0.5, 0.6) is 0 Å². The van der Waals surface area contributed by atoms with Crippen LogP contribution in [0.3, 0.4) is 0 Å². The SMILES string of the molecule is Cc1cc(Cl)cc2sc(N(Cc3ccccn3)C(=O)c3ccc(S(=O)(=O)N4CCCC(C)C4)cc3)nc12. The number of benzene rings is 2. The van der Waals surface area contributed by atoms with E-state index in [9.17, 15) is 13.2 Å². The van der Waals surface area contributed by atoms with Gasteiger partial charge >= 0.3 is 0 Å². The molecule has 4 aromatic rings. The first-order chi connectivity index (χ1) is 17.7. The molecule has 0 saturated carbocycles. The molecule has 10 heteroatoms. The minimum Gasteiger partial charge on any atom is -0.278 e. The van der Waals surface area contributed by atoms with E-state index in [4.69, 9.17) is 16.6 Å². The first-order valence-electron chi connectivity index (χ1n) is 12.1. The molecule has 1 unspecified atom stereocenters. The molecule has 5 rings (SSSR count). The first kappa shape index (κ1) is 25.8. The quantitative estimate of drug-likeness (QED) is 0.295. The highest BCUT2D eigenvalue weighted by atomic mass is 35.5. The van der Waals surface area contributed by atoms with Gasteiger partial charge in [0, 0.05) is 29.9 Å². The molecule has 1 fully saturated rings. The minimum absolute atomic E-state index is 0.194. The lowest BCUT2D eigenvalue weighted by Gasteiger charge is -2.30. The third-order valence-electron chi connectivity index (χ3n) is 6.52. The number of carbonyl (C=O) groups is 1. The van der Waals surface area contributed by atoms with Crippen LogP contribution < -0.4 is 4.90 Å². The average Bonchev–Trinajstić information content (AvgIpc) is 3.32. The van der Waals surface area contributed by atoms with Gasteiger partial charge in [0.2, 0.25) is 10.0 Å². The summed E-state index contributed by atoms with van der Waals surface area (Å²) in [6.45, 7) is 5.26. The Bertz CT molecular complexity index is 1540. The van der Waals surface area contributed by atoms with Gasteiger partial charge in [0.1, 0.15) is 0 Å². The third-order valence-corrected chi connectivity index (χ3v) is 9.64.